The molecule has 0 heterocycles. The average Bonchev–Trinajstić information content (AvgIpc) is 2.37. The first-order valence-corrected chi connectivity index (χ1v) is 7.46. The van der Waals surface area contributed by atoms with Gasteiger partial charge in [0.25, 0.3) is 0 Å². The molecule has 2 aromatic carbocycles. The maximum atomic E-state index is 3.73. The first-order chi connectivity index (χ1) is 9.20. The highest BCUT2D eigenvalue weighted by Gasteiger charge is 2.23. The van der Waals surface area contributed by atoms with Crippen molar-refractivity contribution in [2.45, 2.75) is 39.2 Å². The second kappa shape index (κ2) is 5.24. The fraction of sp³-hybridized carbons (Fsp3) is 0.444. The van der Waals surface area contributed by atoms with E-state index in [0.717, 1.165) is 11.8 Å². The number of hydrogen-bond acceptors (Lipinski definition) is 1. The van der Waals surface area contributed by atoms with Crippen LogP contribution in [0.1, 0.15) is 33.1 Å². The fourth-order valence-electron chi connectivity index (χ4n) is 3.58. The van der Waals surface area contributed by atoms with Crippen LogP contribution in [0.5, 0.6) is 0 Å². The monoisotopic (exact) mass is 253 g/mol. The van der Waals surface area contributed by atoms with Gasteiger partial charge in [-0.05, 0) is 54.0 Å². The Balaban J connectivity index is 1.77. The Labute approximate surface area is 116 Å². The SMILES string of the molecule is CC1CC(C)CC(Nc2ccc3ccccc3c2)C1. The molecule has 1 saturated carbocycles. The van der Waals surface area contributed by atoms with E-state index in [1.807, 2.05) is 0 Å². The Morgan fingerprint density at radius 2 is 1.53 bits per heavy atom. The third-order valence-corrected chi connectivity index (χ3v) is 4.30. The van der Waals surface area contributed by atoms with Gasteiger partial charge in [-0.3, -0.25) is 0 Å². The molecule has 1 N–H and O–H groups in total. The van der Waals surface area contributed by atoms with Crippen LogP contribution in [0.15, 0.2) is 42.5 Å². The number of fused-ring (bicyclic) bond motifs is 1. The molecule has 0 spiro atoms. The first-order valence-electron chi connectivity index (χ1n) is 7.46. The van der Waals surface area contributed by atoms with E-state index in [1.165, 1.54) is 35.7 Å². The van der Waals surface area contributed by atoms with Crippen molar-refractivity contribution >= 4 is 16.5 Å². The molecular formula is C18H23N. The van der Waals surface area contributed by atoms with Gasteiger partial charge in [-0.25, -0.2) is 0 Å². The van der Waals surface area contributed by atoms with E-state index in [0.29, 0.717) is 6.04 Å². The van der Waals surface area contributed by atoms with Gasteiger partial charge in [0, 0.05) is 11.7 Å². The number of anilines is 1. The quantitative estimate of drug-likeness (QED) is 0.787. The number of hydrogen-bond donors (Lipinski definition) is 1. The summed E-state index contributed by atoms with van der Waals surface area (Å²) in [5.41, 5.74) is 1.27. The molecule has 1 nitrogen and oxygen atoms in total. The zero-order chi connectivity index (χ0) is 13.2. The molecule has 2 atom stereocenters. The predicted octanol–water partition coefficient (Wildman–Crippen LogP) is 5.08. The van der Waals surface area contributed by atoms with E-state index >= 15 is 0 Å². The molecule has 0 aromatic heterocycles. The normalized spacial score (nSPS) is 27.4. The van der Waals surface area contributed by atoms with Gasteiger partial charge in [0.15, 0.2) is 0 Å². The summed E-state index contributed by atoms with van der Waals surface area (Å²) in [5.74, 6) is 1.70. The van der Waals surface area contributed by atoms with Gasteiger partial charge < -0.3 is 5.32 Å². The van der Waals surface area contributed by atoms with Crippen molar-refractivity contribution < 1.29 is 0 Å². The molecule has 0 saturated heterocycles. The Kier molecular flexibility index (Phi) is 3.46. The smallest absolute Gasteiger partial charge is 0.0348 e. The van der Waals surface area contributed by atoms with Gasteiger partial charge in [0.05, 0.1) is 0 Å². The summed E-state index contributed by atoms with van der Waals surface area (Å²) in [6.07, 6.45) is 3.99. The molecule has 3 rings (SSSR count). The van der Waals surface area contributed by atoms with Crippen LogP contribution in [0.2, 0.25) is 0 Å². The summed E-state index contributed by atoms with van der Waals surface area (Å²) in [6, 6.07) is 15.9. The van der Waals surface area contributed by atoms with E-state index in [1.54, 1.807) is 0 Å². The lowest BCUT2D eigenvalue weighted by Gasteiger charge is -2.32. The largest absolute Gasteiger partial charge is 0.382 e. The van der Waals surface area contributed by atoms with Gasteiger partial charge in [-0.1, -0.05) is 44.2 Å². The number of benzene rings is 2. The third kappa shape index (κ3) is 2.91. The van der Waals surface area contributed by atoms with Crippen LogP contribution >= 0.6 is 0 Å². The molecule has 2 aromatic rings. The molecule has 1 heteroatoms. The molecule has 0 aliphatic heterocycles. The summed E-state index contributed by atoms with van der Waals surface area (Å²) in [7, 11) is 0. The maximum Gasteiger partial charge on any atom is 0.0348 e. The lowest BCUT2D eigenvalue weighted by Crippen LogP contribution is -2.30. The molecule has 1 aliphatic rings. The van der Waals surface area contributed by atoms with E-state index in [4.69, 9.17) is 0 Å². The molecule has 0 bridgehead atoms. The van der Waals surface area contributed by atoms with Crippen LogP contribution < -0.4 is 5.32 Å². The van der Waals surface area contributed by atoms with Gasteiger partial charge in [0.1, 0.15) is 0 Å². The second-order valence-electron chi connectivity index (χ2n) is 6.32. The van der Waals surface area contributed by atoms with Gasteiger partial charge in [-0.15, -0.1) is 0 Å². The van der Waals surface area contributed by atoms with E-state index < -0.39 is 0 Å². The molecular weight excluding hydrogens is 230 g/mol. The van der Waals surface area contributed by atoms with Crippen LogP contribution in [0, 0.1) is 11.8 Å². The van der Waals surface area contributed by atoms with Crippen molar-refractivity contribution in [1.82, 2.24) is 0 Å². The standard InChI is InChI=1S/C18H23N/c1-13-9-14(2)11-18(10-13)19-17-8-7-15-5-3-4-6-16(15)12-17/h3-8,12-14,18-19H,9-11H2,1-2H3. The number of rotatable bonds is 2. The highest BCUT2D eigenvalue weighted by Crippen LogP contribution is 2.31. The maximum absolute atomic E-state index is 3.73. The second-order valence-corrected chi connectivity index (χ2v) is 6.32. The van der Waals surface area contributed by atoms with E-state index in [9.17, 15) is 0 Å². The van der Waals surface area contributed by atoms with Gasteiger partial charge in [0.2, 0.25) is 0 Å². The van der Waals surface area contributed by atoms with Crippen LogP contribution in [-0.4, -0.2) is 6.04 Å². The lowest BCUT2D eigenvalue weighted by molar-refractivity contribution is 0.281. The minimum Gasteiger partial charge on any atom is -0.382 e. The molecule has 2 unspecified atom stereocenters. The van der Waals surface area contributed by atoms with Crippen LogP contribution in [-0.2, 0) is 0 Å². The van der Waals surface area contributed by atoms with E-state index in [2.05, 4.69) is 61.6 Å². The third-order valence-electron chi connectivity index (χ3n) is 4.30. The van der Waals surface area contributed by atoms with Crippen LogP contribution in [0.25, 0.3) is 10.8 Å². The molecule has 19 heavy (non-hydrogen) atoms. The summed E-state index contributed by atoms with van der Waals surface area (Å²) in [5, 5.41) is 6.38. The zero-order valence-electron chi connectivity index (χ0n) is 11.9. The topological polar surface area (TPSA) is 12.0 Å². The molecule has 0 amide bonds. The van der Waals surface area contributed by atoms with Crippen molar-refractivity contribution in [3.8, 4) is 0 Å². The van der Waals surface area contributed by atoms with Gasteiger partial charge in [-0.2, -0.15) is 0 Å². The van der Waals surface area contributed by atoms with Gasteiger partial charge >= 0.3 is 0 Å². The predicted molar refractivity (Wildman–Crippen MR) is 83.5 cm³/mol. The van der Waals surface area contributed by atoms with Crippen molar-refractivity contribution in [2.75, 3.05) is 5.32 Å². The van der Waals surface area contributed by atoms with Crippen molar-refractivity contribution in [1.29, 1.82) is 0 Å². The highest BCUT2D eigenvalue weighted by atomic mass is 14.9. The Morgan fingerprint density at radius 3 is 2.26 bits per heavy atom. The summed E-state index contributed by atoms with van der Waals surface area (Å²) < 4.78 is 0. The average molecular weight is 253 g/mol. The molecule has 1 fully saturated rings. The first kappa shape index (κ1) is 12.5. The summed E-state index contributed by atoms with van der Waals surface area (Å²) in [6.45, 7) is 4.76. The van der Waals surface area contributed by atoms with Crippen molar-refractivity contribution in [2.24, 2.45) is 11.8 Å². The highest BCUT2D eigenvalue weighted by molar-refractivity contribution is 5.85. The number of nitrogens with one attached hydrogen (secondary N) is 1. The summed E-state index contributed by atoms with van der Waals surface area (Å²) in [4.78, 5) is 0. The zero-order valence-corrected chi connectivity index (χ0v) is 11.9. The summed E-state index contributed by atoms with van der Waals surface area (Å²) >= 11 is 0. The lowest BCUT2D eigenvalue weighted by atomic mass is 9.80. The van der Waals surface area contributed by atoms with Crippen LogP contribution in [0.4, 0.5) is 5.69 Å². The van der Waals surface area contributed by atoms with Crippen LogP contribution in [0.3, 0.4) is 0 Å². The molecule has 100 valence electrons. The Morgan fingerprint density at radius 1 is 0.842 bits per heavy atom. The fourth-order valence-corrected chi connectivity index (χ4v) is 3.58. The minimum atomic E-state index is 0.639. The minimum absolute atomic E-state index is 0.639. The van der Waals surface area contributed by atoms with Crippen molar-refractivity contribution in [3.05, 3.63) is 42.5 Å². The Hall–Kier alpha value is -1.50. The molecule has 1 aliphatic carbocycles. The molecule has 0 radical (unpaired) electrons. The Bertz CT molecular complexity index is 550. The van der Waals surface area contributed by atoms with E-state index in [-0.39, 0.29) is 0 Å². The van der Waals surface area contributed by atoms with Crippen molar-refractivity contribution in [3.63, 3.8) is 0 Å².